The fraction of sp³-hybridized carbons (Fsp3) is 0.500. The number of benzene rings is 1. The third kappa shape index (κ3) is 2.92. The first-order valence-corrected chi connectivity index (χ1v) is 7.32. The van der Waals surface area contributed by atoms with Crippen LogP contribution >= 0.6 is 15.9 Å². The Morgan fingerprint density at radius 3 is 2.53 bits per heavy atom. The minimum Gasteiger partial charge on any atom is -0.507 e. The van der Waals surface area contributed by atoms with Crippen LogP contribution in [0.3, 0.4) is 0 Å². The van der Waals surface area contributed by atoms with Crippen molar-refractivity contribution >= 4 is 21.9 Å². The zero-order chi connectivity index (χ0) is 14.0. The minimum atomic E-state index is -1.14. The molecule has 1 aromatic carbocycles. The summed E-state index contributed by atoms with van der Waals surface area (Å²) in [6.07, 6.45) is 5.59. The highest BCUT2D eigenvalue weighted by atomic mass is 79.9. The molecule has 1 saturated carbocycles. The van der Waals surface area contributed by atoms with Gasteiger partial charge in [-0.15, -0.1) is 0 Å². The quantitative estimate of drug-likeness (QED) is 0.794. The monoisotopic (exact) mass is 327 g/mol. The number of carboxylic acid groups (broad SMARTS) is 1. The van der Waals surface area contributed by atoms with Crippen molar-refractivity contribution in [2.45, 2.75) is 38.1 Å². The van der Waals surface area contributed by atoms with E-state index < -0.39 is 5.97 Å². The van der Waals surface area contributed by atoms with Gasteiger partial charge in [-0.1, -0.05) is 35.2 Å². The van der Waals surface area contributed by atoms with Gasteiger partial charge in [-0.2, -0.15) is 0 Å². The molecule has 1 aliphatic rings. The second kappa shape index (κ2) is 5.92. The van der Waals surface area contributed by atoms with Crippen LogP contribution in [0.1, 0.15) is 54.1 Å². The van der Waals surface area contributed by atoms with E-state index in [1.165, 1.54) is 12.5 Å². The van der Waals surface area contributed by atoms with Crippen LogP contribution in [-0.4, -0.2) is 16.2 Å². The molecule has 1 aliphatic carbocycles. The van der Waals surface area contributed by atoms with Gasteiger partial charge >= 0.3 is 5.97 Å². The number of carboxylic acids is 1. The fourth-order valence-electron chi connectivity index (χ4n) is 2.80. The molecule has 1 atom stereocenters. The van der Waals surface area contributed by atoms with E-state index in [9.17, 15) is 9.90 Å². The number of phenols is 1. The summed E-state index contributed by atoms with van der Waals surface area (Å²) in [4.78, 5) is 11.1. The van der Waals surface area contributed by atoms with Gasteiger partial charge in [0.1, 0.15) is 11.3 Å². The molecule has 4 nitrogen and oxygen atoms in total. The van der Waals surface area contributed by atoms with Gasteiger partial charge in [0.25, 0.3) is 0 Å². The average molecular weight is 328 g/mol. The summed E-state index contributed by atoms with van der Waals surface area (Å²) in [6, 6.07) is 2.70. The van der Waals surface area contributed by atoms with E-state index in [0.29, 0.717) is 16.0 Å². The summed E-state index contributed by atoms with van der Waals surface area (Å²) in [7, 11) is 0. The second-order valence-corrected chi connectivity index (χ2v) is 5.94. The van der Waals surface area contributed by atoms with Crippen molar-refractivity contribution in [1.82, 2.24) is 0 Å². The molecule has 0 heterocycles. The topological polar surface area (TPSA) is 83.6 Å². The van der Waals surface area contributed by atoms with Crippen LogP contribution in [0.15, 0.2) is 16.6 Å². The number of hydrogen-bond donors (Lipinski definition) is 3. The number of halogens is 1. The van der Waals surface area contributed by atoms with Crippen molar-refractivity contribution in [3.05, 3.63) is 27.7 Å². The summed E-state index contributed by atoms with van der Waals surface area (Å²) < 4.78 is 0.674. The number of nitrogens with two attached hydrogens (primary N) is 1. The Kier molecular flexibility index (Phi) is 4.47. The van der Waals surface area contributed by atoms with Crippen molar-refractivity contribution in [3.8, 4) is 5.75 Å². The molecule has 0 radical (unpaired) electrons. The third-order valence-electron chi connectivity index (χ3n) is 3.89. The van der Waals surface area contributed by atoms with Gasteiger partial charge in [0.15, 0.2) is 0 Å². The molecule has 2 rings (SSSR count). The Balaban J connectivity index is 2.37. The van der Waals surface area contributed by atoms with E-state index in [-0.39, 0.29) is 17.4 Å². The van der Waals surface area contributed by atoms with E-state index in [0.717, 1.165) is 25.7 Å². The molecule has 0 unspecified atom stereocenters. The average Bonchev–Trinajstić information content (AvgIpc) is 2.39. The van der Waals surface area contributed by atoms with Gasteiger partial charge in [-0.25, -0.2) is 4.79 Å². The number of carbonyl (C=O) groups is 1. The largest absolute Gasteiger partial charge is 0.507 e. The Labute approximate surface area is 120 Å². The summed E-state index contributed by atoms with van der Waals surface area (Å²) in [5.74, 6) is -1.04. The molecule has 104 valence electrons. The Hall–Kier alpha value is -1.07. The summed E-state index contributed by atoms with van der Waals surface area (Å²) >= 11 is 3.36. The van der Waals surface area contributed by atoms with Crippen molar-refractivity contribution in [1.29, 1.82) is 0 Å². The van der Waals surface area contributed by atoms with Gasteiger partial charge in [0.2, 0.25) is 0 Å². The first-order chi connectivity index (χ1) is 9.02. The number of aromatic carboxylic acids is 1. The van der Waals surface area contributed by atoms with E-state index in [1.54, 1.807) is 6.07 Å². The molecule has 0 aliphatic heterocycles. The Morgan fingerprint density at radius 2 is 1.95 bits per heavy atom. The first kappa shape index (κ1) is 14.3. The third-order valence-corrected chi connectivity index (χ3v) is 4.58. The number of hydrogen-bond acceptors (Lipinski definition) is 3. The molecule has 0 bridgehead atoms. The molecule has 0 aromatic heterocycles. The molecule has 1 fully saturated rings. The summed E-state index contributed by atoms with van der Waals surface area (Å²) in [6.45, 7) is 0. The van der Waals surface area contributed by atoms with Gasteiger partial charge < -0.3 is 15.9 Å². The van der Waals surface area contributed by atoms with Crippen LogP contribution in [0.25, 0.3) is 0 Å². The van der Waals surface area contributed by atoms with Crippen molar-refractivity contribution in [2.75, 3.05) is 0 Å². The molecular weight excluding hydrogens is 310 g/mol. The van der Waals surface area contributed by atoms with Gasteiger partial charge in [-0.05, 0) is 30.9 Å². The molecule has 0 spiro atoms. The maximum atomic E-state index is 11.1. The van der Waals surface area contributed by atoms with Crippen LogP contribution in [0, 0.1) is 5.92 Å². The standard InChI is InChI=1S/C14H18BrNO3/c15-10-7-6-9(14(18)19)13(17)11(10)12(16)8-4-2-1-3-5-8/h6-8,12,17H,1-5,16H2,(H,18,19)/t12-/m0/s1. The molecule has 0 saturated heterocycles. The minimum absolute atomic E-state index is 0.0931. The SMILES string of the molecule is N[C@H](c1c(Br)ccc(C(=O)O)c1O)C1CCCCC1. The van der Waals surface area contributed by atoms with Crippen LogP contribution in [0.2, 0.25) is 0 Å². The zero-order valence-corrected chi connectivity index (χ0v) is 12.2. The van der Waals surface area contributed by atoms with Crippen molar-refractivity contribution < 1.29 is 15.0 Å². The van der Waals surface area contributed by atoms with E-state index in [1.807, 2.05) is 0 Å². The Bertz CT molecular complexity index is 484. The lowest BCUT2D eigenvalue weighted by atomic mass is 9.81. The van der Waals surface area contributed by atoms with Crippen LogP contribution in [-0.2, 0) is 0 Å². The van der Waals surface area contributed by atoms with Crippen LogP contribution in [0.5, 0.6) is 5.75 Å². The van der Waals surface area contributed by atoms with E-state index >= 15 is 0 Å². The lowest BCUT2D eigenvalue weighted by Gasteiger charge is -2.29. The van der Waals surface area contributed by atoms with Crippen molar-refractivity contribution in [2.24, 2.45) is 11.7 Å². The van der Waals surface area contributed by atoms with E-state index in [4.69, 9.17) is 10.8 Å². The smallest absolute Gasteiger partial charge is 0.339 e. The molecule has 1 aromatic rings. The van der Waals surface area contributed by atoms with Gasteiger partial charge in [0, 0.05) is 16.1 Å². The van der Waals surface area contributed by atoms with Crippen LogP contribution in [0.4, 0.5) is 0 Å². The molecule has 5 heteroatoms. The molecule has 0 amide bonds. The van der Waals surface area contributed by atoms with Gasteiger partial charge in [0.05, 0.1) is 0 Å². The predicted molar refractivity (Wildman–Crippen MR) is 76.3 cm³/mol. The first-order valence-electron chi connectivity index (χ1n) is 6.52. The highest BCUT2D eigenvalue weighted by Crippen LogP contribution is 2.40. The van der Waals surface area contributed by atoms with Crippen molar-refractivity contribution in [3.63, 3.8) is 0 Å². The second-order valence-electron chi connectivity index (χ2n) is 5.09. The maximum Gasteiger partial charge on any atom is 0.339 e. The van der Waals surface area contributed by atoms with E-state index in [2.05, 4.69) is 15.9 Å². The number of rotatable bonds is 3. The maximum absolute atomic E-state index is 11.1. The van der Waals surface area contributed by atoms with Gasteiger partial charge in [-0.3, -0.25) is 0 Å². The predicted octanol–water partition coefficient (Wildman–Crippen LogP) is 3.43. The lowest BCUT2D eigenvalue weighted by molar-refractivity contribution is 0.0693. The zero-order valence-electron chi connectivity index (χ0n) is 10.6. The number of aromatic hydroxyl groups is 1. The molecular formula is C14H18BrNO3. The lowest BCUT2D eigenvalue weighted by Crippen LogP contribution is -2.24. The summed E-state index contributed by atoms with van der Waals surface area (Å²) in [5, 5.41) is 19.2. The highest BCUT2D eigenvalue weighted by Gasteiger charge is 2.27. The fourth-order valence-corrected chi connectivity index (χ4v) is 3.39. The Morgan fingerprint density at radius 1 is 1.32 bits per heavy atom. The molecule has 19 heavy (non-hydrogen) atoms. The normalized spacial score (nSPS) is 18.2. The molecule has 4 N–H and O–H groups in total. The summed E-state index contributed by atoms with van der Waals surface area (Å²) in [5.41, 5.74) is 6.68. The van der Waals surface area contributed by atoms with Crippen LogP contribution < -0.4 is 5.73 Å². The highest BCUT2D eigenvalue weighted by molar-refractivity contribution is 9.10.